The van der Waals surface area contributed by atoms with Crippen molar-refractivity contribution in [2.24, 2.45) is 0 Å². The van der Waals surface area contributed by atoms with Gasteiger partial charge in [0.05, 0.1) is 11.1 Å². The van der Waals surface area contributed by atoms with E-state index in [2.05, 4.69) is 0 Å². The van der Waals surface area contributed by atoms with Crippen LogP contribution in [0.15, 0.2) is 18.2 Å². The van der Waals surface area contributed by atoms with E-state index in [-0.39, 0.29) is 6.07 Å². The molecule has 10 heteroatoms. The molecular weight excluding hydrogens is 270 g/mol. The zero-order valence-corrected chi connectivity index (χ0v) is 8.26. The van der Waals surface area contributed by atoms with Gasteiger partial charge in [0.15, 0.2) is 5.03 Å². The highest BCUT2D eigenvalue weighted by atomic mass is 19.4. The topological polar surface area (TPSA) is 55.2 Å². The zero-order valence-electron chi connectivity index (χ0n) is 8.26. The molecule has 0 heterocycles. The zero-order chi connectivity index (χ0) is 14.1. The van der Waals surface area contributed by atoms with Gasteiger partial charge < -0.3 is 0 Å². The van der Waals surface area contributed by atoms with Gasteiger partial charge in [-0.15, -0.1) is 5.43 Å². The van der Waals surface area contributed by atoms with Gasteiger partial charge in [-0.1, -0.05) is 0 Å². The van der Waals surface area contributed by atoms with Crippen molar-refractivity contribution < 1.29 is 31.4 Å². The first-order valence-corrected chi connectivity index (χ1v) is 4.21. The predicted molar refractivity (Wildman–Crippen MR) is 47.1 cm³/mol. The number of nitrogens with one attached hydrogen (secondary N) is 1. The molecule has 0 bridgehead atoms. The van der Waals surface area contributed by atoms with Crippen LogP contribution in [-0.2, 0) is 12.4 Å². The largest absolute Gasteiger partial charge is 0.418 e. The van der Waals surface area contributed by atoms with E-state index in [4.69, 9.17) is 0 Å². The summed E-state index contributed by atoms with van der Waals surface area (Å²) in [6.45, 7) is 0. The van der Waals surface area contributed by atoms with Crippen molar-refractivity contribution in [3.8, 4) is 0 Å². The average Bonchev–Trinajstić information content (AvgIpc) is 2.13. The Hall–Kier alpha value is -2.00. The van der Waals surface area contributed by atoms with Gasteiger partial charge in [0.1, 0.15) is 5.69 Å². The van der Waals surface area contributed by atoms with E-state index in [1.54, 1.807) is 0 Å². The second-order valence-electron chi connectivity index (χ2n) is 3.12. The first-order valence-electron chi connectivity index (χ1n) is 4.21. The smallest absolute Gasteiger partial charge is 0.235 e. The summed E-state index contributed by atoms with van der Waals surface area (Å²) < 4.78 is 74.0. The molecule has 0 radical (unpaired) electrons. The highest BCUT2D eigenvalue weighted by Gasteiger charge is 2.39. The summed E-state index contributed by atoms with van der Waals surface area (Å²) in [6.07, 6.45) is -10.1. The molecule has 4 nitrogen and oxygen atoms in total. The molecule has 1 N–H and O–H groups in total. The van der Waals surface area contributed by atoms with E-state index in [1.807, 2.05) is 0 Å². The number of nitro groups is 1. The Labute approximate surface area is 95.3 Å². The van der Waals surface area contributed by atoms with Crippen LogP contribution in [0.4, 0.5) is 32.0 Å². The minimum Gasteiger partial charge on any atom is -0.235 e. The molecule has 0 atom stereocenters. The third-order valence-corrected chi connectivity index (χ3v) is 1.86. The van der Waals surface area contributed by atoms with Crippen molar-refractivity contribution in [2.45, 2.75) is 12.4 Å². The lowest BCUT2D eigenvalue weighted by atomic mass is 10.1. The molecule has 0 amide bonds. The molecule has 0 aliphatic heterocycles. The summed E-state index contributed by atoms with van der Waals surface area (Å²) in [5, 5.41) is 8.74. The van der Waals surface area contributed by atoms with Crippen LogP contribution in [0, 0.1) is 10.1 Å². The highest BCUT2D eigenvalue weighted by molar-refractivity contribution is 5.53. The number of rotatable bonds is 2. The quantitative estimate of drug-likeness (QED) is 0.511. The van der Waals surface area contributed by atoms with Crippen LogP contribution in [0.25, 0.3) is 0 Å². The molecule has 100 valence electrons. The predicted octanol–water partition coefficient (Wildman–Crippen LogP) is 3.33. The molecule has 0 aliphatic carbocycles. The molecule has 0 spiro atoms. The number of anilines is 1. The third-order valence-electron chi connectivity index (χ3n) is 1.86. The van der Waals surface area contributed by atoms with Gasteiger partial charge in [0.2, 0.25) is 0 Å². The highest BCUT2D eigenvalue weighted by Crippen LogP contribution is 2.39. The fourth-order valence-corrected chi connectivity index (χ4v) is 1.15. The van der Waals surface area contributed by atoms with Crippen LogP contribution in [0.5, 0.6) is 0 Å². The molecule has 0 saturated heterocycles. The average molecular weight is 274 g/mol. The minimum absolute atomic E-state index is 0.189. The summed E-state index contributed by atoms with van der Waals surface area (Å²) in [7, 11) is 0. The van der Waals surface area contributed by atoms with Gasteiger partial charge in [-0.25, -0.2) is 10.1 Å². The first kappa shape index (κ1) is 14.1. The van der Waals surface area contributed by atoms with E-state index in [0.29, 0.717) is 12.1 Å². The third kappa shape index (κ3) is 3.25. The van der Waals surface area contributed by atoms with E-state index in [0.717, 1.165) is 0 Å². The molecule has 0 aliphatic rings. The Morgan fingerprint density at radius 1 is 1.06 bits per heavy atom. The van der Waals surface area contributed by atoms with Crippen LogP contribution in [0.2, 0.25) is 0 Å². The maximum Gasteiger partial charge on any atom is 0.418 e. The van der Waals surface area contributed by atoms with Crippen LogP contribution in [0.3, 0.4) is 0 Å². The van der Waals surface area contributed by atoms with Gasteiger partial charge >= 0.3 is 12.4 Å². The maximum absolute atomic E-state index is 12.4. The SMILES string of the molecule is O=[N+]([O-])Nc1ccc(C(F)(F)F)cc1C(F)(F)F. The maximum atomic E-state index is 12.4. The van der Waals surface area contributed by atoms with E-state index in [9.17, 15) is 36.5 Å². The normalized spacial score (nSPS) is 12.3. The molecule has 18 heavy (non-hydrogen) atoms. The molecule has 1 rings (SSSR count). The number of benzene rings is 1. The summed E-state index contributed by atoms with van der Waals surface area (Å²) in [5.41, 5.74) is -3.16. The Morgan fingerprint density at radius 2 is 1.61 bits per heavy atom. The number of hydrogen-bond donors (Lipinski definition) is 1. The van der Waals surface area contributed by atoms with Crippen LogP contribution >= 0.6 is 0 Å². The second kappa shape index (κ2) is 4.35. The van der Waals surface area contributed by atoms with Gasteiger partial charge in [-0.3, -0.25) is 0 Å². The van der Waals surface area contributed by atoms with Crippen molar-refractivity contribution in [3.05, 3.63) is 39.4 Å². The Kier molecular flexibility index (Phi) is 3.40. The standard InChI is InChI=1S/C8H4F6N2O2/c9-7(10,11)4-1-2-6(15-16(17)18)5(3-4)8(12,13)14/h1-3,15H. The van der Waals surface area contributed by atoms with Crippen molar-refractivity contribution in [2.75, 3.05) is 5.43 Å². The number of hydrogen-bond acceptors (Lipinski definition) is 2. The van der Waals surface area contributed by atoms with Crippen molar-refractivity contribution in [1.29, 1.82) is 0 Å². The number of alkyl halides is 6. The number of nitrogens with zero attached hydrogens (tertiary/aromatic N) is 1. The molecule has 1 aromatic carbocycles. The molecule has 0 fully saturated rings. The Morgan fingerprint density at radius 3 is 2.00 bits per heavy atom. The fraction of sp³-hybridized carbons (Fsp3) is 0.250. The monoisotopic (exact) mass is 274 g/mol. The Bertz CT molecular complexity index is 468. The minimum atomic E-state index is -5.14. The van der Waals surface area contributed by atoms with Gasteiger partial charge in [0, 0.05) is 0 Å². The molecular formula is C8H4F6N2O2. The van der Waals surface area contributed by atoms with Crippen molar-refractivity contribution in [1.82, 2.24) is 0 Å². The van der Waals surface area contributed by atoms with Gasteiger partial charge in [-0.2, -0.15) is 26.3 Å². The first-order chi connectivity index (χ1) is 8.01. The fourth-order valence-electron chi connectivity index (χ4n) is 1.15. The van der Waals surface area contributed by atoms with Gasteiger partial charge in [-0.05, 0) is 18.2 Å². The summed E-state index contributed by atoms with van der Waals surface area (Å²) in [4.78, 5) is 10.0. The number of halogens is 6. The van der Waals surface area contributed by atoms with E-state index >= 15 is 0 Å². The molecule has 1 aromatic rings. The lowest BCUT2D eigenvalue weighted by Gasteiger charge is -2.13. The Balaban J connectivity index is 3.34. The second-order valence-corrected chi connectivity index (χ2v) is 3.12. The molecule has 0 aromatic heterocycles. The van der Waals surface area contributed by atoms with Crippen LogP contribution in [-0.4, -0.2) is 5.03 Å². The lowest BCUT2D eigenvalue weighted by molar-refractivity contribution is -0.445. The van der Waals surface area contributed by atoms with Gasteiger partial charge in [0.25, 0.3) is 0 Å². The van der Waals surface area contributed by atoms with E-state index < -0.39 is 34.2 Å². The molecule has 0 saturated carbocycles. The van der Waals surface area contributed by atoms with Crippen LogP contribution < -0.4 is 5.43 Å². The van der Waals surface area contributed by atoms with Crippen LogP contribution in [0.1, 0.15) is 11.1 Å². The van der Waals surface area contributed by atoms with Crippen molar-refractivity contribution in [3.63, 3.8) is 0 Å². The van der Waals surface area contributed by atoms with Crippen molar-refractivity contribution >= 4 is 5.69 Å². The molecule has 0 unspecified atom stereocenters. The van der Waals surface area contributed by atoms with E-state index in [1.165, 1.54) is 5.43 Å². The lowest BCUT2D eigenvalue weighted by Crippen LogP contribution is -2.16. The number of hydrazine groups is 1. The summed E-state index contributed by atoms with van der Waals surface area (Å²) >= 11 is 0. The summed E-state index contributed by atoms with van der Waals surface area (Å²) in [5.74, 6) is 0. The summed E-state index contributed by atoms with van der Waals surface area (Å²) in [6, 6.07) is 0.487.